The standard InChI is InChI=1S/C19H14F5N3O5/c1-25-18(28)14-13-12(31-16(14)9-4-6-10(20)7-5-9)8-11(27(29)30-3)17(15(13)21)32-26(2)19(22,23)24/h4-8H,1-3H3/p+1. The van der Waals surface area contributed by atoms with Gasteiger partial charge in [-0.2, -0.15) is 13.2 Å². The number of carbonyl (C=O) groups excluding carboxylic acids is 1. The number of hydrogen-bond donors (Lipinski definition) is 1. The molecule has 0 aliphatic carbocycles. The third-order valence-electron chi connectivity index (χ3n) is 4.36. The van der Waals surface area contributed by atoms with Crippen LogP contribution < -0.4 is 10.2 Å². The summed E-state index contributed by atoms with van der Waals surface area (Å²) < 4.78 is 73.2. The van der Waals surface area contributed by atoms with Crippen molar-refractivity contribution in [3.8, 4) is 17.1 Å². The van der Waals surface area contributed by atoms with Gasteiger partial charge in [0.1, 0.15) is 17.2 Å². The van der Waals surface area contributed by atoms with Crippen molar-refractivity contribution in [3.63, 3.8) is 0 Å². The topological polar surface area (TPSA) is 84.0 Å². The summed E-state index contributed by atoms with van der Waals surface area (Å²) in [5.41, 5.74) is -1.39. The van der Waals surface area contributed by atoms with E-state index >= 15 is 4.39 Å². The van der Waals surface area contributed by atoms with Crippen molar-refractivity contribution in [2.75, 3.05) is 21.2 Å². The highest BCUT2D eigenvalue weighted by Crippen LogP contribution is 2.43. The van der Waals surface area contributed by atoms with Crippen molar-refractivity contribution < 1.29 is 45.8 Å². The molecule has 170 valence electrons. The first-order valence-electron chi connectivity index (χ1n) is 8.76. The first kappa shape index (κ1) is 22.9. The number of furan rings is 1. The van der Waals surface area contributed by atoms with Gasteiger partial charge >= 0.3 is 12.0 Å². The zero-order valence-electron chi connectivity index (χ0n) is 16.7. The Bertz CT molecular complexity index is 1190. The summed E-state index contributed by atoms with van der Waals surface area (Å²) in [6.07, 6.45) is -5.04. The number of fused-ring (bicyclic) bond motifs is 1. The second kappa shape index (κ2) is 8.42. The molecule has 8 nitrogen and oxygen atoms in total. The minimum Gasteiger partial charge on any atom is -0.455 e. The van der Waals surface area contributed by atoms with E-state index in [-0.39, 0.29) is 21.8 Å². The predicted molar refractivity (Wildman–Crippen MR) is 99.7 cm³/mol. The monoisotopic (exact) mass is 460 g/mol. The van der Waals surface area contributed by atoms with E-state index in [9.17, 15) is 27.3 Å². The van der Waals surface area contributed by atoms with Gasteiger partial charge in [0.15, 0.2) is 12.9 Å². The Morgan fingerprint density at radius 1 is 1.19 bits per heavy atom. The molecule has 32 heavy (non-hydrogen) atoms. The van der Waals surface area contributed by atoms with E-state index in [1.807, 2.05) is 0 Å². The second-order valence-corrected chi connectivity index (χ2v) is 6.30. The molecule has 0 saturated carbocycles. The Kier molecular flexibility index (Phi) is 6.03. The molecule has 0 atom stereocenters. The number of amides is 1. The molecule has 1 amide bonds. The van der Waals surface area contributed by atoms with Gasteiger partial charge in [-0.3, -0.25) is 4.79 Å². The number of halogens is 5. The van der Waals surface area contributed by atoms with Crippen molar-refractivity contribution in [3.05, 3.63) is 52.4 Å². The zero-order valence-corrected chi connectivity index (χ0v) is 16.7. The summed E-state index contributed by atoms with van der Waals surface area (Å²) >= 11 is 0. The maximum atomic E-state index is 15.5. The highest BCUT2D eigenvalue weighted by molar-refractivity contribution is 6.12. The van der Waals surface area contributed by atoms with Gasteiger partial charge in [-0.25, -0.2) is 13.6 Å². The van der Waals surface area contributed by atoms with Crippen LogP contribution in [0.25, 0.3) is 22.3 Å². The molecule has 1 heterocycles. The van der Waals surface area contributed by atoms with Gasteiger partial charge < -0.3 is 14.6 Å². The lowest BCUT2D eigenvalue weighted by Gasteiger charge is -2.19. The fourth-order valence-corrected chi connectivity index (χ4v) is 2.84. The minimum atomic E-state index is -5.04. The van der Waals surface area contributed by atoms with Crippen LogP contribution in [0, 0.1) is 16.5 Å². The largest absolute Gasteiger partial charge is 0.491 e. The molecule has 0 bridgehead atoms. The fourth-order valence-electron chi connectivity index (χ4n) is 2.84. The molecule has 3 aromatic rings. The number of hydroxylamine groups is 2. The molecule has 3 rings (SSSR count). The highest BCUT2D eigenvalue weighted by atomic mass is 19.4. The van der Waals surface area contributed by atoms with E-state index in [0.717, 1.165) is 25.3 Å². The quantitative estimate of drug-likeness (QED) is 0.332. The van der Waals surface area contributed by atoms with Crippen LogP contribution in [0.1, 0.15) is 10.4 Å². The number of benzene rings is 2. The van der Waals surface area contributed by atoms with Gasteiger partial charge in [0.2, 0.25) is 0 Å². The average Bonchev–Trinajstić information content (AvgIpc) is 3.13. The summed E-state index contributed by atoms with van der Waals surface area (Å²) in [7, 11) is 2.59. The summed E-state index contributed by atoms with van der Waals surface area (Å²) in [4.78, 5) is 33.3. The summed E-state index contributed by atoms with van der Waals surface area (Å²) in [6.45, 7) is 0. The highest BCUT2D eigenvalue weighted by Gasteiger charge is 2.41. The lowest BCUT2D eigenvalue weighted by atomic mass is 10.0. The first-order chi connectivity index (χ1) is 15.0. The lowest BCUT2D eigenvalue weighted by molar-refractivity contribution is -0.737. The molecule has 0 aliphatic heterocycles. The van der Waals surface area contributed by atoms with Gasteiger partial charge in [-0.05, 0) is 29.3 Å². The first-order valence-corrected chi connectivity index (χ1v) is 8.76. The van der Waals surface area contributed by atoms with Gasteiger partial charge in [-0.15, -0.1) is 0 Å². The van der Waals surface area contributed by atoms with Crippen LogP contribution in [0.15, 0.2) is 34.7 Å². The van der Waals surface area contributed by atoms with Crippen LogP contribution in [0.2, 0.25) is 0 Å². The molecular formula is C19H15F5N3O5+. The number of carbonyl (C=O) groups is 1. The molecule has 0 radical (unpaired) electrons. The van der Waals surface area contributed by atoms with E-state index in [0.29, 0.717) is 7.05 Å². The molecule has 1 aromatic heterocycles. The Morgan fingerprint density at radius 3 is 2.34 bits per heavy atom. The lowest BCUT2D eigenvalue weighted by Crippen LogP contribution is -2.37. The van der Waals surface area contributed by atoms with Gasteiger partial charge in [0.05, 0.1) is 21.9 Å². The van der Waals surface area contributed by atoms with Gasteiger partial charge in [0, 0.05) is 19.7 Å². The average molecular weight is 460 g/mol. The molecule has 13 heteroatoms. The normalized spacial score (nSPS) is 11.7. The molecule has 2 aromatic carbocycles. The smallest absolute Gasteiger partial charge is 0.455 e. The van der Waals surface area contributed by atoms with E-state index in [1.54, 1.807) is 0 Å². The number of alkyl halides is 3. The maximum absolute atomic E-state index is 15.5. The van der Waals surface area contributed by atoms with Crippen molar-refractivity contribution >= 4 is 22.6 Å². The van der Waals surface area contributed by atoms with Crippen LogP contribution in [-0.4, -0.2) is 43.4 Å². The van der Waals surface area contributed by atoms with Crippen molar-refractivity contribution in [2.24, 2.45) is 0 Å². The Morgan fingerprint density at radius 2 is 1.81 bits per heavy atom. The Balaban J connectivity index is 2.36. The summed E-state index contributed by atoms with van der Waals surface area (Å²) in [5, 5.41) is 1.09. The number of nitrogens with zero attached hydrogens (tertiary/aromatic N) is 2. The van der Waals surface area contributed by atoms with Crippen molar-refractivity contribution in [1.29, 1.82) is 0 Å². The molecule has 0 saturated heterocycles. The summed E-state index contributed by atoms with van der Waals surface area (Å²) in [6, 6.07) is 5.49. The molecule has 0 unspecified atom stereocenters. The second-order valence-electron chi connectivity index (χ2n) is 6.30. The van der Waals surface area contributed by atoms with Crippen molar-refractivity contribution in [2.45, 2.75) is 6.30 Å². The summed E-state index contributed by atoms with van der Waals surface area (Å²) in [5.74, 6) is -4.29. The molecule has 0 aliphatic rings. The van der Waals surface area contributed by atoms with Gasteiger partial charge in [-0.1, -0.05) is 0 Å². The predicted octanol–water partition coefficient (Wildman–Crippen LogP) is 4.45. The SMILES string of the molecule is CNC(=O)c1c(-c2ccc(F)cc2)oc2cc([N+](=O)OC)c(ON(C)C(F)(F)F)c(F)c12. The molecule has 1 N–H and O–H groups in total. The zero-order chi connectivity index (χ0) is 23.8. The maximum Gasteiger partial charge on any atom is 0.491 e. The van der Waals surface area contributed by atoms with E-state index in [2.05, 4.69) is 15.0 Å². The van der Waals surface area contributed by atoms with Crippen LogP contribution in [0.5, 0.6) is 5.75 Å². The van der Waals surface area contributed by atoms with E-state index in [4.69, 9.17) is 4.42 Å². The van der Waals surface area contributed by atoms with Crippen LogP contribution in [0.4, 0.5) is 27.6 Å². The number of hydrogen-bond acceptors (Lipinski definition) is 6. The Labute approximate surface area is 176 Å². The fraction of sp³-hybridized carbons (Fsp3) is 0.211. The van der Waals surface area contributed by atoms with E-state index in [1.165, 1.54) is 19.2 Å². The van der Waals surface area contributed by atoms with Crippen molar-refractivity contribution in [1.82, 2.24) is 10.4 Å². The Hall–Kier alpha value is -3.74. The van der Waals surface area contributed by atoms with Crippen LogP contribution >= 0.6 is 0 Å². The minimum absolute atomic E-state index is 0.169. The number of rotatable bonds is 6. The molecule has 0 fully saturated rings. The van der Waals surface area contributed by atoms with E-state index < -0.39 is 51.3 Å². The molecule has 0 spiro atoms. The van der Waals surface area contributed by atoms with Gasteiger partial charge in [0.25, 0.3) is 16.6 Å². The van der Waals surface area contributed by atoms with Crippen LogP contribution in [0.3, 0.4) is 0 Å². The third-order valence-corrected chi connectivity index (χ3v) is 4.36. The molecular weight excluding hydrogens is 445 g/mol. The number of nitrogens with one attached hydrogen (secondary N) is 1. The third kappa shape index (κ3) is 4.06. The van der Waals surface area contributed by atoms with Crippen LogP contribution in [-0.2, 0) is 4.84 Å².